The maximum atomic E-state index is 12.2. The number of hydrogen-bond donors (Lipinski definition) is 1. The minimum atomic E-state index is -0.441. The SMILES string of the molecule is C#Cc1cccc(CNC2CCCN(C(=O)OC(C)(C)C)CC2)c1. The summed E-state index contributed by atoms with van der Waals surface area (Å²) >= 11 is 0. The van der Waals surface area contributed by atoms with Crippen molar-refractivity contribution in [2.45, 2.75) is 58.2 Å². The average Bonchev–Trinajstić information content (AvgIpc) is 2.77. The van der Waals surface area contributed by atoms with Crippen LogP contribution < -0.4 is 5.32 Å². The van der Waals surface area contributed by atoms with Crippen LogP contribution in [0.2, 0.25) is 0 Å². The largest absolute Gasteiger partial charge is 0.444 e. The van der Waals surface area contributed by atoms with Crippen molar-refractivity contribution in [2.24, 2.45) is 0 Å². The monoisotopic (exact) mass is 328 g/mol. The van der Waals surface area contributed by atoms with Gasteiger partial charge in [-0.25, -0.2) is 4.79 Å². The van der Waals surface area contributed by atoms with Crippen LogP contribution in [0.25, 0.3) is 0 Å². The summed E-state index contributed by atoms with van der Waals surface area (Å²) in [5, 5.41) is 3.59. The molecule has 0 spiro atoms. The van der Waals surface area contributed by atoms with Crippen LogP contribution in [-0.4, -0.2) is 35.7 Å². The van der Waals surface area contributed by atoms with Gasteiger partial charge in [-0.15, -0.1) is 6.42 Å². The second kappa shape index (κ2) is 8.21. The van der Waals surface area contributed by atoms with Gasteiger partial charge in [-0.05, 0) is 57.7 Å². The first-order chi connectivity index (χ1) is 11.4. The van der Waals surface area contributed by atoms with E-state index in [-0.39, 0.29) is 6.09 Å². The van der Waals surface area contributed by atoms with E-state index in [1.807, 2.05) is 43.9 Å². The quantitative estimate of drug-likeness (QED) is 0.863. The fourth-order valence-corrected chi connectivity index (χ4v) is 2.84. The Morgan fingerprint density at radius 1 is 1.38 bits per heavy atom. The van der Waals surface area contributed by atoms with Crippen LogP contribution in [0.3, 0.4) is 0 Å². The Bertz CT molecular complexity index is 598. The van der Waals surface area contributed by atoms with Crippen molar-refractivity contribution in [3.05, 3.63) is 35.4 Å². The van der Waals surface area contributed by atoms with E-state index in [2.05, 4.69) is 17.3 Å². The first kappa shape index (κ1) is 18.4. The molecule has 4 heteroatoms. The zero-order valence-corrected chi connectivity index (χ0v) is 15.0. The van der Waals surface area contributed by atoms with E-state index in [4.69, 9.17) is 11.2 Å². The van der Waals surface area contributed by atoms with Crippen LogP contribution in [0.1, 0.15) is 51.2 Å². The molecule has 1 fully saturated rings. The van der Waals surface area contributed by atoms with E-state index in [0.717, 1.165) is 44.5 Å². The minimum Gasteiger partial charge on any atom is -0.444 e. The molecule has 1 N–H and O–H groups in total. The third-order valence-electron chi connectivity index (χ3n) is 4.07. The fourth-order valence-electron chi connectivity index (χ4n) is 2.84. The number of likely N-dealkylation sites (tertiary alicyclic amines) is 1. The van der Waals surface area contributed by atoms with Crippen LogP contribution in [0.5, 0.6) is 0 Å². The maximum Gasteiger partial charge on any atom is 0.410 e. The molecule has 0 radical (unpaired) electrons. The number of ether oxygens (including phenoxy) is 1. The average molecular weight is 328 g/mol. The first-order valence-corrected chi connectivity index (χ1v) is 8.64. The highest BCUT2D eigenvalue weighted by Gasteiger charge is 2.24. The Kier molecular flexibility index (Phi) is 6.28. The van der Waals surface area contributed by atoms with Gasteiger partial charge in [0.05, 0.1) is 0 Å². The molecule has 0 aromatic heterocycles. The number of amides is 1. The van der Waals surface area contributed by atoms with Gasteiger partial charge in [0, 0.05) is 31.2 Å². The molecule has 1 aliphatic rings. The molecule has 1 unspecified atom stereocenters. The summed E-state index contributed by atoms with van der Waals surface area (Å²) in [5.41, 5.74) is 1.66. The summed E-state index contributed by atoms with van der Waals surface area (Å²) < 4.78 is 5.47. The Balaban J connectivity index is 1.82. The third-order valence-corrected chi connectivity index (χ3v) is 4.07. The second-order valence-electron chi connectivity index (χ2n) is 7.32. The van der Waals surface area contributed by atoms with Gasteiger partial charge in [-0.3, -0.25) is 0 Å². The minimum absolute atomic E-state index is 0.204. The molecule has 1 amide bonds. The summed E-state index contributed by atoms with van der Waals surface area (Å²) in [4.78, 5) is 14.0. The molecule has 1 heterocycles. The first-order valence-electron chi connectivity index (χ1n) is 8.64. The van der Waals surface area contributed by atoms with Gasteiger partial charge in [0.2, 0.25) is 0 Å². The highest BCUT2D eigenvalue weighted by Crippen LogP contribution is 2.16. The van der Waals surface area contributed by atoms with Gasteiger partial charge in [-0.2, -0.15) is 0 Å². The molecule has 1 aromatic rings. The van der Waals surface area contributed by atoms with Crippen molar-refractivity contribution in [3.8, 4) is 12.3 Å². The fraction of sp³-hybridized carbons (Fsp3) is 0.550. The molecule has 1 aromatic carbocycles. The molecular formula is C20H28N2O2. The number of rotatable bonds is 3. The summed E-state index contributed by atoms with van der Waals surface area (Å²) in [5.74, 6) is 2.67. The Hall–Kier alpha value is -1.99. The molecule has 0 saturated carbocycles. The number of nitrogens with one attached hydrogen (secondary N) is 1. The lowest BCUT2D eigenvalue weighted by Crippen LogP contribution is -2.38. The predicted molar refractivity (Wildman–Crippen MR) is 96.7 cm³/mol. The van der Waals surface area contributed by atoms with Crippen molar-refractivity contribution >= 4 is 6.09 Å². The van der Waals surface area contributed by atoms with Crippen molar-refractivity contribution in [1.82, 2.24) is 10.2 Å². The number of carbonyl (C=O) groups is 1. The van der Waals surface area contributed by atoms with E-state index in [0.29, 0.717) is 6.04 Å². The normalized spacial score (nSPS) is 18.6. The summed E-state index contributed by atoms with van der Waals surface area (Å²) in [6.45, 7) is 8.00. The summed E-state index contributed by atoms with van der Waals surface area (Å²) in [6, 6.07) is 8.46. The smallest absolute Gasteiger partial charge is 0.410 e. The highest BCUT2D eigenvalue weighted by atomic mass is 16.6. The Labute approximate surface area is 145 Å². The topological polar surface area (TPSA) is 41.6 Å². The van der Waals surface area contributed by atoms with Crippen LogP contribution in [0.4, 0.5) is 4.79 Å². The summed E-state index contributed by atoms with van der Waals surface area (Å²) in [6.07, 6.45) is 8.23. The van der Waals surface area contributed by atoms with Gasteiger partial charge < -0.3 is 15.0 Å². The van der Waals surface area contributed by atoms with Crippen LogP contribution in [-0.2, 0) is 11.3 Å². The number of terminal acetylenes is 1. The molecule has 1 atom stereocenters. The van der Waals surface area contributed by atoms with Crippen molar-refractivity contribution < 1.29 is 9.53 Å². The molecule has 130 valence electrons. The van der Waals surface area contributed by atoms with Crippen LogP contribution >= 0.6 is 0 Å². The molecule has 0 bridgehead atoms. The predicted octanol–water partition coefficient (Wildman–Crippen LogP) is 3.55. The lowest BCUT2D eigenvalue weighted by Gasteiger charge is -2.26. The van der Waals surface area contributed by atoms with Gasteiger partial charge in [0.15, 0.2) is 0 Å². The molecule has 0 aliphatic carbocycles. The van der Waals surface area contributed by atoms with E-state index in [9.17, 15) is 4.79 Å². The number of hydrogen-bond acceptors (Lipinski definition) is 3. The molecule has 2 rings (SSSR count). The van der Waals surface area contributed by atoms with Crippen LogP contribution in [0.15, 0.2) is 24.3 Å². The highest BCUT2D eigenvalue weighted by molar-refractivity contribution is 5.68. The van der Waals surface area contributed by atoms with E-state index >= 15 is 0 Å². The van der Waals surface area contributed by atoms with E-state index < -0.39 is 5.60 Å². The molecule has 1 aliphatic heterocycles. The van der Waals surface area contributed by atoms with Crippen molar-refractivity contribution in [1.29, 1.82) is 0 Å². The molecular weight excluding hydrogens is 300 g/mol. The van der Waals surface area contributed by atoms with Gasteiger partial charge in [0.1, 0.15) is 5.60 Å². The third kappa shape index (κ3) is 5.90. The second-order valence-corrected chi connectivity index (χ2v) is 7.32. The van der Waals surface area contributed by atoms with Crippen LogP contribution in [0, 0.1) is 12.3 Å². The van der Waals surface area contributed by atoms with Gasteiger partial charge >= 0.3 is 6.09 Å². The van der Waals surface area contributed by atoms with Crippen molar-refractivity contribution in [2.75, 3.05) is 13.1 Å². The number of carbonyl (C=O) groups excluding carboxylic acids is 1. The van der Waals surface area contributed by atoms with E-state index in [1.165, 1.54) is 5.56 Å². The molecule has 4 nitrogen and oxygen atoms in total. The molecule has 1 saturated heterocycles. The number of benzene rings is 1. The number of nitrogens with zero attached hydrogens (tertiary/aromatic N) is 1. The summed E-state index contributed by atoms with van der Waals surface area (Å²) in [7, 11) is 0. The molecule has 24 heavy (non-hydrogen) atoms. The van der Waals surface area contributed by atoms with Gasteiger partial charge in [0.25, 0.3) is 0 Å². The maximum absolute atomic E-state index is 12.2. The Morgan fingerprint density at radius 2 is 2.17 bits per heavy atom. The lowest BCUT2D eigenvalue weighted by molar-refractivity contribution is 0.0256. The van der Waals surface area contributed by atoms with Gasteiger partial charge in [-0.1, -0.05) is 18.1 Å². The van der Waals surface area contributed by atoms with Crippen molar-refractivity contribution in [3.63, 3.8) is 0 Å². The zero-order valence-electron chi connectivity index (χ0n) is 15.0. The van der Waals surface area contributed by atoms with E-state index in [1.54, 1.807) is 0 Å². The standard InChI is InChI=1S/C20H28N2O2/c1-5-16-8-6-9-17(14-16)15-21-18-10-7-12-22(13-11-18)19(23)24-20(2,3)4/h1,6,8-9,14,18,21H,7,10-13,15H2,2-4H3. The lowest BCUT2D eigenvalue weighted by atomic mass is 10.1. The Morgan fingerprint density at radius 3 is 2.88 bits per heavy atom. The zero-order chi connectivity index (χ0) is 17.6.